The van der Waals surface area contributed by atoms with Gasteiger partial charge in [0, 0.05) is 35.0 Å². The fourth-order valence-electron chi connectivity index (χ4n) is 3.62. The number of hydrogen-bond donors (Lipinski definition) is 1. The van der Waals surface area contributed by atoms with Gasteiger partial charge in [-0.15, -0.1) is 36.2 Å². The van der Waals surface area contributed by atoms with E-state index in [0.717, 1.165) is 46.9 Å². The number of amides is 1. The highest BCUT2D eigenvalue weighted by Gasteiger charge is 2.17. The predicted octanol–water partition coefficient (Wildman–Crippen LogP) is 7.13. The van der Waals surface area contributed by atoms with Crippen LogP contribution in [0.3, 0.4) is 0 Å². The van der Waals surface area contributed by atoms with Gasteiger partial charge in [0.1, 0.15) is 0 Å². The number of nitrogens with two attached hydrogens (primary N) is 1. The average molecular weight is 536 g/mol. The van der Waals surface area contributed by atoms with Crippen LogP contribution in [0, 0.1) is 13.8 Å². The number of benzene rings is 2. The van der Waals surface area contributed by atoms with Gasteiger partial charge in [0.05, 0.1) is 22.7 Å². The largest absolute Gasteiger partial charge is 0.366 e. The predicted molar refractivity (Wildman–Crippen MR) is 154 cm³/mol. The van der Waals surface area contributed by atoms with Gasteiger partial charge in [0.25, 0.3) is 0 Å². The molecule has 0 bridgehead atoms. The van der Waals surface area contributed by atoms with Crippen LogP contribution in [0.25, 0.3) is 11.3 Å². The molecule has 0 atom stereocenters. The van der Waals surface area contributed by atoms with Crippen LogP contribution in [0.15, 0.2) is 46.8 Å². The fourth-order valence-corrected chi connectivity index (χ4v) is 4.45. The first-order chi connectivity index (χ1) is 15.6. The van der Waals surface area contributed by atoms with Crippen LogP contribution < -0.4 is 5.73 Å². The van der Waals surface area contributed by atoms with Crippen molar-refractivity contribution in [1.29, 1.82) is 0 Å². The molecule has 0 saturated carbocycles. The van der Waals surface area contributed by atoms with Crippen molar-refractivity contribution in [3.8, 4) is 11.3 Å². The van der Waals surface area contributed by atoms with E-state index in [9.17, 15) is 4.79 Å². The lowest BCUT2D eigenvalue weighted by Gasteiger charge is -2.33. The molecule has 0 radical (unpaired) electrons. The molecule has 8 heteroatoms. The minimum Gasteiger partial charge on any atom is -0.366 e. The van der Waals surface area contributed by atoms with Crippen LogP contribution in [-0.4, -0.2) is 34.2 Å². The number of carbonyl (C=O) groups is 1. The summed E-state index contributed by atoms with van der Waals surface area (Å²) in [6.45, 7) is 14.1. The normalized spacial score (nSPS) is 11.1. The topological polar surface area (TPSA) is 71.6 Å². The molecule has 1 amide bonds. The number of aryl methyl sites for hydroxylation is 2. The van der Waals surface area contributed by atoms with Crippen molar-refractivity contribution in [2.24, 2.45) is 10.7 Å². The summed E-state index contributed by atoms with van der Waals surface area (Å²) in [5.41, 5.74) is 12.4. The van der Waals surface area contributed by atoms with Crippen LogP contribution in [-0.2, 0) is 6.42 Å². The van der Waals surface area contributed by atoms with E-state index in [2.05, 4.69) is 64.0 Å². The van der Waals surface area contributed by atoms with E-state index >= 15 is 0 Å². The summed E-state index contributed by atoms with van der Waals surface area (Å²) in [5, 5.41) is 3.12. The van der Waals surface area contributed by atoms with Crippen molar-refractivity contribution < 1.29 is 4.79 Å². The maximum atomic E-state index is 11.3. The summed E-state index contributed by atoms with van der Waals surface area (Å²) < 4.78 is 0. The molecular weight excluding hydrogens is 499 g/mol. The molecule has 5 nitrogen and oxygen atoms in total. The first-order valence-electron chi connectivity index (χ1n) is 11.3. The van der Waals surface area contributed by atoms with Crippen molar-refractivity contribution in [2.75, 3.05) is 6.54 Å². The number of aromatic nitrogens is 1. The van der Waals surface area contributed by atoms with E-state index in [1.54, 1.807) is 23.5 Å². The number of aliphatic imine (C=N–C) groups is 1. The third-order valence-corrected chi connectivity index (χ3v) is 6.52. The molecule has 2 aromatic carbocycles. The Hall–Kier alpha value is -2.41. The molecule has 2 N–H and O–H groups in total. The molecule has 0 saturated heterocycles. The lowest BCUT2D eigenvalue weighted by atomic mass is 10.0. The summed E-state index contributed by atoms with van der Waals surface area (Å²) >= 11 is 1.65. The van der Waals surface area contributed by atoms with Crippen molar-refractivity contribution in [3.63, 3.8) is 0 Å². The van der Waals surface area contributed by atoms with Gasteiger partial charge in [-0.25, -0.2) is 9.98 Å². The number of nitrogens with zero attached hydrogens (tertiary/aromatic N) is 3. The van der Waals surface area contributed by atoms with Crippen molar-refractivity contribution >= 4 is 54.1 Å². The first kappa shape index (κ1) is 30.6. The van der Waals surface area contributed by atoms with Crippen LogP contribution >= 0.6 is 36.2 Å². The van der Waals surface area contributed by atoms with Gasteiger partial charge in [-0.05, 0) is 75.9 Å². The van der Waals surface area contributed by atoms with Gasteiger partial charge in [0.15, 0.2) is 0 Å². The molecule has 0 aliphatic carbocycles. The lowest BCUT2D eigenvalue weighted by Crippen LogP contribution is -2.40. The van der Waals surface area contributed by atoms with E-state index < -0.39 is 5.91 Å². The molecule has 0 aliphatic rings. The van der Waals surface area contributed by atoms with Crippen LogP contribution in [0.1, 0.15) is 66.2 Å². The average Bonchev–Trinajstić information content (AvgIpc) is 3.22. The number of hydrogen-bond acceptors (Lipinski definition) is 4. The smallest absolute Gasteiger partial charge is 0.248 e. The lowest BCUT2D eigenvalue weighted by molar-refractivity contribution is 0.100. The van der Waals surface area contributed by atoms with Crippen LogP contribution in [0.5, 0.6) is 0 Å². The molecule has 0 unspecified atom stereocenters. The van der Waals surface area contributed by atoms with Gasteiger partial charge in [0.2, 0.25) is 5.91 Å². The molecule has 1 aromatic heterocycles. The molecule has 0 fully saturated rings. The Bertz CT molecular complexity index is 1150. The van der Waals surface area contributed by atoms with Crippen molar-refractivity contribution in [2.45, 2.75) is 59.9 Å². The third-order valence-electron chi connectivity index (χ3n) is 5.68. The van der Waals surface area contributed by atoms with Gasteiger partial charge in [-0.2, -0.15) is 0 Å². The number of primary amides is 1. The van der Waals surface area contributed by atoms with E-state index in [1.165, 1.54) is 11.1 Å². The molecule has 35 heavy (non-hydrogen) atoms. The van der Waals surface area contributed by atoms with Gasteiger partial charge >= 0.3 is 0 Å². The van der Waals surface area contributed by atoms with E-state index in [4.69, 9.17) is 15.7 Å². The van der Waals surface area contributed by atoms with E-state index in [0.29, 0.717) is 5.56 Å². The monoisotopic (exact) mass is 534 g/mol. The van der Waals surface area contributed by atoms with Gasteiger partial charge in [-0.1, -0.05) is 25.1 Å². The zero-order valence-corrected chi connectivity index (χ0v) is 23.7. The highest BCUT2D eigenvalue weighted by Crippen LogP contribution is 2.28. The number of halogens is 2. The number of carbonyl (C=O) groups excluding carboxylic acids is 1. The maximum Gasteiger partial charge on any atom is 0.248 e. The molecule has 190 valence electrons. The summed E-state index contributed by atoms with van der Waals surface area (Å²) in [5.74, 6) is -0.421. The molecular formula is C27H36Cl2N4OS. The Morgan fingerprint density at radius 3 is 2.34 bits per heavy atom. The maximum absolute atomic E-state index is 11.3. The number of rotatable bonds is 8. The minimum atomic E-state index is -0.421. The summed E-state index contributed by atoms with van der Waals surface area (Å²) in [6, 6.07) is 11.7. The van der Waals surface area contributed by atoms with Crippen LogP contribution in [0.4, 0.5) is 5.69 Å². The van der Waals surface area contributed by atoms with Crippen molar-refractivity contribution in [1.82, 2.24) is 9.88 Å². The number of thiazole rings is 1. The summed E-state index contributed by atoms with van der Waals surface area (Å²) in [7, 11) is 0. The van der Waals surface area contributed by atoms with E-state index in [1.807, 2.05) is 18.5 Å². The Kier molecular flexibility index (Phi) is 11.4. The summed E-state index contributed by atoms with van der Waals surface area (Å²) in [4.78, 5) is 23.2. The second kappa shape index (κ2) is 13.1. The Balaban J connectivity index is 0.00000306. The van der Waals surface area contributed by atoms with Gasteiger partial charge < -0.3 is 10.6 Å². The molecule has 1 heterocycles. The Morgan fingerprint density at radius 2 is 1.77 bits per heavy atom. The fraction of sp³-hybridized carbons (Fsp3) is 0.370. The van der Waals surface area contributed by atoms with Crippen molar-refractivity contribution in [3.05, 3.63) is 69.0 Å². The third kappa shape index (κ3) is 8.06. The van der Waals surface area contributed by atoms with Gasteiger partial charge in [-0.3, -0.25) is 4.79 Å². The highest BCUT2D eigenvalue weighted by atomic mass is 35.5. The van der Waals surface area contributed by atoms with Crippen LogP contribution in [0.2, 0.25) is 0 Å². The second-order valence-corrected chi connectivity index (χ2v) is 10.4. The zero-order chi connectivity index (χ0) is 24.2. The molecule has 0 spiro atoms. The SMILES string of the molecule is CCCN(C=Nc1cc(C)c(Cc2nc(-c3ccc(C(N)=O)cc3)cs2)cc1C)C(C)(C)C.Cl.Cl. The summed E-state index contributed by atoms with van der Waals surface area (Å²) in [6.07, 6.45) is 3.86. The Morgan fingerprint density at radius 1 is 1.11 bits per heavy atom. The first-order valence-corrected chi connectivity index (χ1v) is 12.2. The zero-order valence-electron chi connectivity index (χ0n) is 21.3. The Labute approximate surface area is 225 Å². The highest BCUT2D eigenvalue weighted by molar-refractivity contribution is 7.10. The molecule has 3 rings (SSSR count). The van der Waals surface area contributed by atoms with E-state index in [-0.39, 0.29) is 30.4 Å². The minimum absolute atomic E-state index is 0. The standard InChI is InChI=1S/C27H34N4OS.2ClH/c1-7-12-31(27(4,5)6)17-29-23-14-18(2)22(13-19(23)3)15-25-30-24(16-33-25)20-8-10-21(11-9-20)26(28)32;;/h8-11,13-14,16-17H,7,12,15H2,1-6H3,(H2,28,32);2*1H. The molecule has 3 aromatic rings. The second-order valence-electron chi connectivity index (χ2n) is 9.42. The molecule has 0 aliphatic heterocycles. The quantitative estimate of drug-likeness (QED) is 0.246.